The molecule has 4 heteroatoms. The Bertz CT molecular complexity index is 357. The summed E-state index contributed by atoms with van der Waals surface area (Å²) in [6.45, 7) is 0. The van der Waals surface area contributed by atoms with Crippen molar-refractivity contribution in [1.82, 2.24) is 0 Å². The van der Waals surface area contributed by atoms with Crippen molar-refractivity contribution in [1.29, 1.82) is 0 Å². The van der Waals surface area contributed by atoms with E-state index in [1.54, 1.807) is 18.2 Å². The lowest BCUT2D eigenvalue weighted by Gasteiger charge is -1.96. The van der Waals surface area contributed by atoms with Gasteiger partial charge < -0.3 is 5.73 Å². The second-order valence-corrected chi connectivity index (χ2v) is 2.25. The summed E-state index contributed by atoms with van der Waals surface area (Å²) in [6.07, 6.45) is 0. The molecular weight excluding hydrogens is 142 g/mol. The Kier molecular flexibility index (Phi) is 1.03. The molecule has 2 rings (SSSR count). The lowest BCUT2D eigenvalue weighted by Crippen LogP contribution is -1.96. The van der Waals surface area contributed by atoms with Crippen molar-refractivity contribution in [3.05, 3.63) is 23.8 Å². The van der Waals surface area contributed by atoms with Crippen molar-refractivity contribution in [3.8, 4) is 0 Å². The Labute approximate surface area is 62.7 Å². The van der Waals surface area contributed by atoms with Crippen molar-refractivity contribution < 1.29 is 4.79 Å². The first-order valence-corrected chi connectivity index (χ1v) is 3.13. The first-order valence-electron chi connectivity index (χ1n) is 3.13. The SMILES string of the molecule is Nc1cccc2c1C(=O)N=N2. The molecule has 54 valence electrons. The molecule has 1 aromatic carbocycles. The number of benzene rings is 1. The number of azo groups is 1. The van der Waals surface area contributed by atoms with E-state index in [4.69, 9.17) is 5.73 Å². The molecule has 1 amide bonds. The highest BCUT2D eigenvalue weighted by molar-refractivity contribution is 6.06. The van der Waals surface area contributed by atoms with Crippen LogP contribution in [-0.2, 0) is 0 Å². The average molecular weight is 147 g/mol. The van der Waals surface area contributed by atoms with Gasteiger partial charge in [-0.3, -0.25) is 4.79 Å². The molecule has 0 aliphatic carbocycles. The number of carbonyl (C=O) groups is 1. The van der Waals surface area contributed by atoms with Gasteiger partial charge >= 0.3 is 0 Å². The van der Waals surface area contributed by atoms with Crippen LogP contribution in [0.5, 0.6) is 0 Å². The van der Waals surface area contributed by atoms with Crippen LogP contribution in [0.4, 0.5) is 11.4 Å². The van der Waals surface area contributed by atoms with Crippen LogP contribution in [0.1, 0.15) is 10.4 Å². The number of hydrogen-bond donors (Lipinski definition) is 1. The van der Waals surface area contributed by atoms with Crippen LogP contribution in [0.2, 0.25) is 0 Å². The number of amides is 1. The summed E-state index contributed by atoms with van der Waals surface area (Å²) in [6, 6.07) is 5.11. The number of hydrogen-bond acceptors (Lipinski definition) is 3. The van der Waals surface area contributed by atoms with Crippen LogP contribution in [-0.4, -0.2) is 5.91 Å². The maximum Gasteiger partial charge on any atom is 0.299 e. The smallest absolute Gasteiger partial charge is 0.299 e. The second-order valence-electron chi connectivity index (χ2n) is 2.25. The summed E-state index contributed by atoms with van der Waals surface area (Å²) in [5, 5.41) is 7.01. The van der Waals surface area contributed by atoms with E-state index in [1.807, 2.05) is 0 Å². The van der Waals surface area contributed by atoms with Gasteiger partial charge in [0.05, 0.1) is 5.56 Å². The third kappa shape index (κ3) is 0.724. The van der Waals surface area contributed by atoms with Crippen LogP contribution in [0.3, 0.4) is 0 Å². The van der Waals surface area contributed by atoms with Crippen molar-refractivity contribution >= 4 is 17.3 Å². The van der Waals surface area contributed by atoms with Crippen LogP contribution in [0, 0.1) is 0 Å². The summed E-state index contributed by atoms with van der Waals surface area (Å²) in [5.41, 5.74) is 6.95. The molecule has 0 unspecified atom stereocenters. The van der Waals surface area contributed by atoms with Crippen LogP contribution < -0.4 is 5.73 Å². The normalized spacial score (nSPS) is 13.6. The zero-order valence-corrected chi connectivity index (χ0v) is 5.61. The Morgan fingerprint density at radius 1 is 1.27 bits per heavy atom. The summed E-state index contributed by atoms with van der Waals surface area (Å²) in [7, 11) is 0. The van der Waals surface area contributed by atoms with Crippen molar-refractivity contribution in [3.63, 3.8) is 0 Å². The topological polar surface area (TPSA) is 67.8 Å². The zero-order valence-electron chi connectivity index (χ0n) is 5.61. The number of carbonyl (C=O) groups excluding carboxylic acids is 1. The van der Waals surface area contributed by atoms with Gasteiger partial charge in [-0.2, -0.15) is 0 Å². The average Bonchev–Trinajstić information content (AvgIpc) is 2.34. The second kappa shape index (κ2) is 1.88. The van der Waals surface area contributed by atoms with Gasteiger partial charge in [0.2, 0.25) is 0 Å². The molecule has 0 saturated carbocycles. The highest BCUT2D eigenvalue weighted by Crippen LogP contribution is 2.30. The number of fused-ring (bicyclic) bond motifs is 1. The summed E-state index contributed by atoms with van der Waals surface area (Å²) < 4.78 is 0. The molecule has 0 aromatic heterocycles. The van der Waals surface area contributed by atoms with Gasteiger partial charge in [0.15, 0.2) is 0 Å². The van der Waals surface area contributed by atoms with E-state index in [1.165, 1.54) is 0 Å². The Hall–Kier alpha value is -1.71. The van der Waals surface area contributed by atoms with Crippen LogP contribution in [0.25, 0.3) is 0 Å². The molecule has 11 heavy (non-hydrogen) atoms. The van der Waals surface area contributed by atoms with E-state index in [0.29, 0.717) is 16.9 Å². The molecular formula is C7H5N3O. The third-order valence-corrected chi connectivity index (χ3v) is 1.54. The number of nitrogens with two attached hydrogens (primary N) is 1. The predicted molar refractivity (Wildman–Crippen MR) is 39.7 cm³/mol. The predicted octanol–water partition coefficient (Wildman–Crippen LogP) is 1.51. The minimum Gasteiger partial charge on any atom is -0.398 e. The van der Waals surface area contributed by atoms with Crippen molar-refractivity contribution in [2.45, 2.75) is 0 Å². The Balaban J connectivity index is 2.74. The standard InChI is InChI=1S/C7H5N3O/c8-4-2-1-3-5-6(4)7(11)10-9-5/h1-3H,8H2. The third-order valence-electron chi connectivity index (χ3n) is 1.54. The Morgan fingerprint density at radius 2 is 2.09 bits per heavy atom. The van der Waals surface area contributed by atoms with E-state index in [0.717, 1.165) is 0 Å². The van der Waals surface area contributed by atoms with Gasteiger partial charge in [-0.1, -0.05) is 6.07 Å². The van der Waals surface area contributed by atoms with Gasteiger partial charge in [-0.05, 0) is 12.1 Å². The molecule has 1 aromatic rings. The molecule has 4 nitrogen and oxygen atoms in total. The molecule has 1 aliphatic rings. The molecule has 1 aliphatic heterocycles. The maximum absolute atomic E-state index is 10.9. The molecule has 0 radical (unpaired) electrons. The molecule has 0 fully saturated rings. The molecule has 1 heterocycles. The van der Waals surface area contributed by atoms with E-state index >= 15 is 0 Å². The van der Waals surface area contributed by atoms with Crippen molar-refractivity contribution in [2.24, 2.45) is 10.2 Å². The molecule has 0 spiro atoms. The fraction of sp³-hybridized carbons (Fsp3) is 0. The van der Waals surface area contributed by atoms with Gasteiger partial charge in [0.25, 0.3) is 5.91 Å². The van der Waals surface area contributed by atoms with E-state index < -0.39 is 0 Å². The highest BCUT2D eigenvalue weighted by atomic mass is 16.2. The fourth-order valence-corrected chi connectivity index (χ4v) is 1.02. The largest absolute Gasteiger partial charge is 0.398 e. The fourth-order valence-electron chi connectivity index (χ4n) is 1.02. The number of rotatable bonds is 0. The first kappa shape index (κ1) is 6.03. The monoisotopic (exact) mass is 147 g/mol. The molecule has 0 atom stereocenters. The van der Waals surface area contributed by atoms with Crippen molar-refractivity contribution in [2.75, 3.05) is 5.73 Å². The highest BCUT2D eigenvalue weighted by Gasteiger charge is 2.19. The lowest BCUT2D eigenvalue weighted by atomic mass is 10.1. The first-order chi connectivity index (χ1) is 5.29. The zero-order chi connectivity index (χ0) is 7.84. The molecule has 0 bridgehead atoms. The number of nitrogen functional groups attached to an aromatic ring is 1. The van der Waals surface area contributed by atoms with E-state index in [2.05, 4.69) is 10.2 Å². The van der Waals surface area contributed by atoms with E-state index in [9.17, 15) is 4.79 Å². The Morgan fingerprint density at radius 3 is 2.82 bits per heavy atom. The summed E-state index contributed by atoms with van der Waals surface area (Å²) >= 11 is 0. The molecule has 2 N–H and O–H groups in total. The quantitative estimate of drug-likeness (QED) is 0.565. The number of nitrogens with zero attached hydrogens (tertiary/aromatic N) is 2. The maximum atomic E-state index is 10.9. The van der Waals surface area contributed by atoms with Gasteiger partial charge in [-0.25, -0.2) is 0 Å². The summed E-state index contributed by atoms with van der Waals surface area (Å²) in [4.78, 5) is 10.9. The van der Waals surface area contributed by atoms with Gasteiger partial charge in [-0.15, -0.1) is 10.2 Å². The minimum absolute atomic E-state index is 0.349. The van der Waals surface area contributed by atoms with E-state index in [-0.39, 0.29) is 5.91 Å². The van der Waals surface area contributed by atoms with Crippen LogP contribution in [0.15, 0.2) is 28.4 Å². The molecule has 0 saturated heterocycles. The van der Waals surface area contributed by atoms with Gasteiger partial charge in [0.1, 0.15) is 5.69 Å². The summed E-state index contributed by atoms with van der Waals surface area (Å²) in [5.74, 6) is -0.349. The van der Waals surface area contributed by atoms with Gasteiger partial charge in [0, 0.05) is 5.69 Å². The lowest BCUT2D eigenvalue weighted by molar-refractivity contribution is 0.100. The number of anilines is 1. The van der Waals surface area contributed by atoms with Crippen LogP contribution >= 0.6 is 0 Å². The minimum atomic E-state index is -0.349.